The number of carbonyl (C=O) groups excluding carboxylic acids is 6. The first-order valence-corrected chi connectivity index (χ1v) is 31.0. The topological polar surface area (TPSA) is 274 Å². The fourth-order valence-corrected chi connectivity index (χ4v) is 9.00. The van der Waals surface area contributed by atoms with Gasteiger partial charge in [0.1, 0.15) is 24.4 Å². The number of aliphatic carboxylic acids is 1. The summed E-state index contributed by atoms with van der Waals surface area (Å²) in [6.45, 7) is 21.1. The van der Waals surface area contributed by atoms with Gasteiger partial charge >= 0.3 is 35.5 Å². The van der Waals surface area contributed by atoms with E-state index in [1.165, 1.54) is 13.8 Å². The second kappa shape index (κ2) is 34.2. The molecule has 0 aliphatic rings. The van der Waals surface area contributed by atoms with Crippen LogP contribution in [0.25, 0.3) is 21.5 Å². The second-order valence-corrected chi connectivity index (χ2v) is 26.8. The first kappa shape index (κ1) is 75.7. The number of nitrogens with zero attached hydrogens (tertiary/aromatic N) is 2. The zero-order chi connectivity index (χ0) is 69.7. The minimum atomic E-state index is -1.68. The number of ether oxygens (including phenoxy) is 5. The highest BCUT2D eigenvalue weighted by molar-refractivity contribution is 6.68. The molecular weight excluding hydrogens is 1290 g/mol. The summed E-state index contributed by atoms with van der Waals surface area (Å²) in [5.74, 6) is -3.79. The number of nitrogens with one attached hydrogen (secondary N) is 3. The van der Waals surface area contributed by atoms with Gasteiger partial charge in [-0.15, -0.1) is 0 Å². The van der Waals surface area contributed by atoms with Crippen molar-refractivity contribution in [3.8, 4) is 0 Å². The molecule has 6 aromatic carbocycles. The molecule has 0 aliphatic heterocycles. The van der Waals surface area contributed by atoms with E-state index in [0.717, 1.165) is 60.6 Å². The highest BCUT2D eigenvalue weighted by atomic mass is 35.6. The molecule has 23 heteroatoms. The molecule has 94 heavy (non-hydrogen) atoms. The Hall–Kier alpha value is -9.01. The van der Waals surface area contributed by atoms with Crippen LogP contribution in [0.15, 0.2) is 158 Å². The number of amides is 3. The molecule has 0 aliphatic carbocycles. The van der Waals surface area contributed by atoms with Crippen LogP contribution in [0.4, 0.5) is 25.8 Å². The molecule has 0 unspecified atom stereocenters. The van der Waals surface area contributed by atoms with Crippen LogP contribution in [0.1, 0.15) is 132 Å². The van der Waals surface area contributed by atoms with Gasteiger partial charge in [0.2, 0.25) is 9.70 Å². The van der Waals surface area contributed by atoms with E-state index < -0.39 is 68.0 Å². The number of anilines is 2. The van der Waals surface area contributed by atoms with Crippen molar-refractivity contribution in [1.29, 1.82) is 0 Å². The minimum absolute atomic E-state index is 0.0271. The molecule has 0 radical (unpaired) electrons. The van der Waals surface area contributed by atoms with E-state index >= 15 is 0 Å². The second-order valence-electron chi connectivity index (χ2n) is 24.2. The van der Waals surface area contributed by atoms with E-state index in [4.69, 9.17) is 71.1 Å². The number of benzene rings is 6. The molecule has 6 N–H and O–H groups in total. The number of nitrogen functional groups attached to an aromatic ring is 1. The maximum Gasteiger partial charge on any atom is 0.407 e. The third kappa shape index (κ3) is 25.1. The van der Waals surface area contributed by atoms with Crippen LogP contribution in [-0.2, 0) is 46.5 Å². The number of alkyl carbamates (subject to hydrolysis) is 2. The van der Waals surface area contributed by atoms with Crippen molar-refractivity contribution in [1.82, 2.24) is 20.6 Å². The number of aryl methyl sites for hydroxylation is 4. The Morgan fingerprint density at radius 3 is 1.35 bits per heavy atom. The number of hydrogen-bond donors (Lipinski definition) is 5. The van der Waals surface area contributed by atoms with Crippen LogP contribution in [0.5, 0.6) is 0 Å². The molecule has 8 rings (SSSR count). The average Bonchev–Trinajstić information content (AvgIpc) is 0.892. The first-order valence-electron chi connectivity index (χ1n) is 29.5. The van der Waals surface area contributed by atoms with Gasteiger partial charge in [0, 0.05) is 71.6 Å². The lowest BCUT2D eigenvalue weighted by atomic mass is 9.96. The lowest BCUT2D eigenvalue weighted by molar-refractivity contribution is -0.138. The lowest BCUT2D eigenvalue weighted by Crippen LogP contribution is -2.40. The highest BCUT2D eigenvalue weighted by Crippen LogP contribution is 2.40. The van der Waals surface area contributed by atoms with Crippen LogP contribution < -0.4 is 21.7 Å². The fourth-order valence-electron chi connectivity index (χ4n) is 8.69. The minimum Gasteiger partial charge on any atom is -0.481 e. The van der Waals surface area contributed by atoms with Gasteiger partial charge in [-0.2, -0.15) is 0 Å². The molecule has 2 aromatic heterocycles. The molecule has 0 fully saturated rings. The van der Waals surface area contributed by atoms with E-state index in [1.54, 1.807) is 121 Å². The summed E-state index contributed by atoms with van der Waals surface area (Å²) >= 11 is 21.3. The predicted octanol–water partition coefficient (Wildman–Crippen LogP) is 16.1. The van der Waals surface area contributed by atoms with E-state index in [9.17, 15) is 38.7 Å². The molecule has 0 spiro atoms. The summed E-state index contributed by atoms with van der Waals surface area (Å²) in [5, 5.41) is 21.9. The van der Waals surface area contributed by atoms with Crippen molar-refractivity contribution in [3.63, 3.8) is 0 Å². The smallest absolute Gasteiger partial charge is 0.407 e. The molecule has 0 saturated carbocycles. The number of carboxylic acid groups (broad SMARTS) is 1. The number of nitrogens with two attached hydrogens (primary N) is 1. The third-order valence-corrected chi connectivity index (χ3v) is 15.1. The van der Waals surface area contributed by atoms with E-state index in [1.807, 2.05) is 107 Å². The molecule has 19 nitrogen and oxygen atoms in total. The van der Waals surface area contributed by atoms with Gasteiger partial charge in [-0.25, -0.2) is 24.0 Å². The third-order valence-electron chi connectivity index (χ3n) is 13.6. The number of carbonyl (C=O) groups is 7. The lowest BCUT2D eigenvalue weighted by Gasteiger charge is -2.30. The number of pyridine rings is 2. The SMILES string of the molecule is CC(C)(OC(=O)Cl)C(Cl)(Cl)Cl.Cc1ccc(C(=O)OCc2ccc([C@@H](CNC(=O)OC(C)(C)C)C(=O)Nc3ccc4cnccc4c3)cc2)c(C)c1.Cc1ccc(C(=O)OCc2ccc([C@@H](CNC(=O)OC(C)(C)C)C(=O)O)cc2)c(C)c1.Nc1ccc2cnccc2c1. The summed E-state index contributed by atoms with van der Waals surface area (Å²) in [6.07, 6.45) is 5.77. The van der Waals surface area contributed by atoms with E-state index in [2.05, 4.69) is 30.7 Å². The molecule has 0 saturated heterocycles. The van der Waals surface area contributed by atoms with Crippen molar-refractivity contribution in [3.05, 3.63) is 214 Å². The number of rotatable bonds is 16. The van der Waals surface area contributed by atoms with Gasteiger partial charge in [0.15, 0.2) is 5.60 Å². The van der Waals surface area contributed by atoms with Crippen LogP contribution in [0, 0.1) is 27.7 Å². The molecule has 2 atom stereocenters. The Morgan fingerprint density at radius 1 is 0.521 bits per heavy atom. The average molecular weight is 1370 g/mol. The standard InChI is InChI=1S/C33H35N3O5.C24H29NO6.C9H8N2.C5H6Cl4O2/c1-21-6-13-28(22(2)16-21)31(38)40-20-23-7-9-24(10-8-23)29(19-35-32(39)41-33(3,4)5)30(37)36-27-12-11-26-18-34-15-14-25(26)17-27;1-15-6-11-19(16(2)12-15)22(28)30-14-17-7-9-18(10-8-17)20(21(26)27)13-25-23(29)31-24(3,4)5;10-9-2-1-8-6-11-4-3-7(8)5-9;1-4(2,5(7,8)9)11-3(6)10/h6-18,29H,19-20H2,1-5H3,(H,35,39)(H,36,37);6-12,20H,13-14H2,1-5H3,(H,25,29)(H,26,27);1-6H,10H2;1-2H3/t29-;20-;;/m11../s1. The van der Waals surface area contributed by atoms with E-state index in [0.29, 0.717) is 27.9 Å². The van der Waals surface area contributed by atoms with Gasteiger partial charge in [-0.1, -0.05) is 131 Å². The highest BCUT2D eigenvalue weighted by Gasteiger charge is 2.44. The summed E-state index contributed by atoms with van der Waals surface area (Å²) in [6, 6.07) is 40.2. The number of hydrogen-bond acceptors (Lipinski definition) is 15. The number of halogens is 4. The molecule has 2 heterocycles. The van der Waals surface area contributed by atoms with Crippen molar-refractivity contribution in [2.24, 2.45) is 0 Å². The fraction of sp³-hybridized carbons (Fsp3) is 0.310. The summed E-state index contributed by atoms with van der Waals surface area (Å²) in [4.78, 5) is 92.6. The Labute approximate surface area is 567 Å². The van der Waals surface area contributed by atoms with Crippen LogP contribution >= 0.6 is 46.4 Å². The van der Waals surface area contributed by atoms with Crippen LogP contribution in [-0.4, -0.2) is 90.2 Å². The van der Waals surface area contributed by atoms with Crippen LogP contribution in [0.2, 0.25) is 0 Å². The van der Waals surface area contributed by atoms with Crippen LogP contribution in [0.3, 0.4) is 0 Å². The maximum atomic E-state index is 13.5. The molecule has 3 amide bonds. The van der Waals surface area contributed by atoms with Crippen molar-refractivity contribution < 1.29 is 62.4 Å². The largest absolute Gasteiger partial charge is 0.481 e. The van der Waals surface area contributed by atoms with Gasteiger partial charge in [0.05, 0.1) is 23.0 Å². The normalized spacial score (nSPS) is 11.9. The van der Waals surface area contributed by atoms with Gasteiger partial charge in [-0.3, -0.25) is 19.6 Å². The zero-order valence-electron chi connectivity index (χ0n) is 54.3. The summed E-state index contributed by atoms with van der Waals surface area (Å²) < 4.78 is 24.3. The number of esters is 2. The van der Waals surface area contributed by atoms with Gasteiger partial charge < -0.3 is 50.5 Å². The Bertz CT molecular complexity index is 3940. The monoisotopic (exact) mass is 1360 g/mol. The quantitative estimate of drug-likeness (QED) is 0.0198. The Balaban J connectivity index is 0.000000262. The van der Waals surface area contributed by atoms with E-state index in [-0.39, 0.29) is 32.2 Å². The zero-order valence-corrected chi connectivity index (χ0v) is 57.3. The molecule has 498 valence electrons. The van der Waals surface area contributed by atoms with Gasteiger partial charge in [-0.05, 0) is 176 Å². The van der Waals surface area contributed by atoms with Gasteiger partial charge in [0.25, 0.3) is 0 Å². The predicted molar refractivity (Wildman–Crippen MR) is 368 cm³/mol. The van der Waals surface area contributed by atoms with Crippen molar-refractivity contribution >= 4 is 121 Å². The number of alkyl halides is 3. The number of aromatic nitrogens is 2. The summed E-state index contributed by atoms with van der Waals surface area (Å²) in [7, 11) is 0. The van der Waals surface area contributed by atoms with Crippen molar-refractivity contribution in [2.75, 3.05) is 24.1 Å². The molecular formula is C71H78Cl4N6O13. The number of carboxylic acids is 1. The number of fused-ring (bicyclic) bond motifs is 2. The summed E-state index contributed by atoms with van der Waals surface area (Å²) in [5.41, 5.74) is 11.1. The molecule has 8 aromatic rings. The first-order chi connectivity index (χ1) is 44.0. The maximum absolute atomic E-state index is 13.5. The van der Waals surface area contributed by atoms with Crippen molar-refractivity contribution in [2.45, 2.75) is 129 Å². The Morgan fingerprint density at radius 2 is 0.947 bits per heavy atom. The molecule has 0 bridgehead atoms. The Kier molecular flexibility index (Phi) is 27.6.